The van der Waals surface area contributed by atoms with Crippen LogP contribution in [0.3, 0.4) is 0 Å². The van der Waals surface area contributed by atoms with Crippen molar-refractivity contribution in [2.45, 2.75) is 53.0 Å². The van der Waals surface area contributed by atoms with Crippen molar-refractivity contribution in [2.24, 2.45) is 5.92 Å². The number of aryl methyl sites for hydroxylation is 1. The van der Waals surface area contributed by atoms with Crippen LogP contribution in [0.5, 0.6) is 0 Å². The van der Waals surface area contributed by atoms with Crippen molar-refractivity contribution in [3.63, 3.8) is 0 Å². The summed E-state index contributed by atoms with van der Waals surface area (Å²) in [4.78, 5) is 9.03. The van der Waals surface area contributed by atoms with Crippen molar-refractivity contribution >= 4 is 11.3 Å². The van der Waals surface area contributed by atoms with Crippen molar-refractivity contribution in [1.82, 2.24) is 20.4 Å². The molecule has 1 N–H and O–H groups in total. The van der Waals surface area contributed by atoms with E-state index in [2.05, 4.69) is 48.1 Å². The van der Waals surface area contributed by atoms with Gasteiger partial charge in [0.1, 0.15) is 5.01 Å². The van der Waals surface area contributed by atoms with Gasteiger partial charge in [-0.1, -0.05) is 25.9 Å². The highest BCUT2D eigenvalue weighted by molar-refractivity contribution is 7.09. The van der Waals surface area contributed by atoms with Gasteiger partial charge in [-0.05, 0) is 26.3 Å². The second-order valence-corrected chi connectivity index (χ2v) is 6.67. The molecule has 0 radical (unpaired) electrons. The van der Waals surface area contributed by atoms with Crippen molar-refractivity contribution in [1.29, 1.82) is 0 Å². The normalized spacial score (nSPS) is 14.6. The Kier molecular flexibility index (Phi) is 5.47. The van der Waals surface area contributed by atoms with Gasteiger partial charge in [-0.25, -0.2) is 4.98 Å². The molecule has 0 saturated heterocycles. The summed E-state index contributed by atoms with van der Waals surface area (Å²) in [6.45, 7) is 11.6. The van der Waals surface area contributed by atoms with E-state index in [0.29, 0.717) is 24.2 Å². The zero-order valence-corrected chi connectivity index (χ0v) is 14.2. The maximum Gasteiger partial charge on any atom is 0.231 e. The minimum atomic E-state index is 0.226. The molecular weight excluding hydrogens is 284 g/mol. The largest absolute Gasteiger partial charge is 0.339 e. The summed E-state index contributed by atoms with van der Waals surface area (Å²) in [5.74, 6) is 2.11. The summed E-state index contributed by atoms with van der Waals surface area (Å²) in [7, 11) is 0. The van der Waals surface area contributed by atoms with E-state index in [1.165, 1.54) is 0 Å². The molecule has 2 atom stereocenters. The van der Waals surface area contributed by atoms with Gasteiger partial charge in [0.25, 0.3) is 0 Å². The standard InChI is InChI=1S/C15H24N4OS/c1-6-16-11(5)14(9(2)3)15-18-12(19-20-15)7-13-17-10(4)8-21-13/h8-9,11,14,16H,6-7H2,1-5H3. The maximum atomic E-state index is 5.51. The molecule has 2 heterocycles. The van der Waals surface area contributed by atoms with Gasteiger partial charge < -0.3 is 9.84 Å². The Morgan fingerprint density at radius 1 is 1.29 bits per heavy atom. The lowest BCUT2D eigenvalue weighted by Gasteiger charge is -2.24. The number of aromatic nitrogens is 3. The molecule has 0 aliphatic heterocycles. The molecule has 6 heteroatoms. The average Bonchev–Trinajstić information content (AvgIpc) is 3.00. The number of nitrogens with one attached hydrogen (secondary N) is 1. The van der Waals surface area contributed by atoms with E-state index in [4.69, 9.17) is 4.52 Å². The number of thiazole rings is 1. The molecule has 0 aliphatic carbocycles. The van der Waals surface area contributed by atoms with E-state index in [-0.39, 0.29) is 5.92 Å². The number of nitrogens with zero attached hydrogens (tertiary/aromatic N) is 3. The lowest BCUT2D eigenvalue weighted by atomic mass is 9.89. The Morgan fingerprint density at radius 2 is 2.05 bits per heavy atom. The van der Waals surface area contributed by atoms with Gasteiger partial charge in [-0.15, -0.1) is 11.3 Å². The van der Waals surface area contributed by atoms with E-state index in [0.717, 1.165) is 23.1 Å². The SMILES string of the molecule is CCNC(C)C(c1nc(Cc2nc(C)cs2)no1)C(C)C. The fraction of sp³-hybridized carbons (Fsp3) is 0.667. The van der Waals surface area contributed by atoms with Gasteiger partial charge in [0.2, 0.25) is 5.89 Å². The fourth-order valence-corrected chi connectivity index (χ4v) is 3.39. The molecule has 2 rings (SSSR count). The van der Waals surface area contributed by atoms with Crippen LogP contribution in [0.25, 0.3) is 0 Å². The van der Waals surface area contributed by atoms with Gasteiger partial charge in [-0.2, -0.15) is 4.98 Å². The third kappa shape index (κ3) is 4.11. The highest BCUT2D eigenvalue weighted by Gasteiger charge is 2.28. The Balaban J connectivity index is 2.12. The van der Waals surface area contributed by atoms with Gasteiger partial charge in [0.15, 0.2) is 5.82 Å². The number of rotatable bonds is 7. The van der Waals surface area contributed by atoms with Crippen molar-refractivity contribution in [2.75, 3.05) is 6.54 Å². The van der Waals surface area contributed by atoms with Crippen LogP contribution in [0.1, 0.15) is 56.0 Å². The Morgan fingerprint density at radius 3 is 2.62 bits per heavy atom. The first kappa shape index (κ1) is 16.1. The fourth-order valence-electron chi connectivity index (χ4n) is 2.62. The molecule has 0 aliphatic rings. The van der Waals surface area contributed by atoms with Crippen LogP contribution < -0.4 is 5.32 Å². The van der Waals surface area contributed by atoms with Gasteiger partial charge in [0, 0.05) is 17.1 Å². The van der Waals surface area contributed by atoms with E-state index in [9.17, 15) is 0 Å². The van der Waals surface area contributed by atoms with Crippen LogP contribution in [-0.4, -0.2) is 27.7 Å². The van der Waals surface area contributed by atoms with Crippen LogP contribution in [0.4, 0.5) is 0 Å². The average molecular weight is 308 g/mol. The maximum absolute atomic E-state index is 5.51. The van der Waals surface area contributed by atoms with Crippen LogP contribution >= 0.6 is 11.3 Å². The summed E-state index contributed by atoms with van der Waals surface area (Å²) in [6.07, 6.45) is 0.641. The zero-order chi connectivity index (χ0) is 15.4. The molecule has 2 unspecified atom stereocenters. The summed E-state index contributed by atoms with van der Waals surface area (Å²) >= 11 is 1.64. The van der Waals surface area contributed by atoms with Gasteiger partial charge >= 0.3 is 0 Å². The van der Waals surface area contributed by atoms with Crippen LogP contribution in [0.2, 0.25) is 0 Å². The third-order valence-electron chi connectivity index (χ3n) is 3.53. The molecule has 2 aromatic rings. The lowest BCUT2D eigenvalue weighted by molar-refractivity contribution is 0.280. The topological polar surface area (TPSA) is 63.8 Å². The first-order valence-electron chi connectivity index (χ1n) is 7.48. The lowest BCUT2D eigenvalue weighted by Crippen LogP contribution is -2.34. The van der Waals surface area contributed by atoms with E-state index < -0.39 is 0 Å². The van der Waals surface area contributed by atoms with E-state index in [1.54, 1.807) is 11.3 Å². The van der Waals surface area contributed by atoms with Crippen molar-refractivity contribution < 1.29 is 4.52 Å². The molecule has 5 nitrogen and oxygen atoms in total. The minimum absolute atomic E-state index is 0.226. The molecule has 2 aromatic heterocycles. The predicted molar refractivity (Wildman–Crippen MR) is 84.7 cm³/mol. The highest BCUT2D eigenvalue weighted by Crippen LogP contribution is 2.27. The molecule has 0 bridgehead atoms. The third-order valence-corrected chi connectivity index (χ3v) is 4.49. The number of likely N-dealkylation sites (N-methyl/N-ethyl adjacent to an activating group) is 1. The van der Waals surface area contributed by atoms with Crippen molar-refractivity contribution in [3.05, 3.63) is 27.8 Å². The molecule has 0 saturated carbocycles. The second kappa shape index (κ2) is 7.13. The first-order chi connectivity index (χ1) is 10.0. The van der Waals surface area contributed by atoms with Crippen LogP contribution in [-0.2, 0) is 6.42 Å². The molecule has 116 valence electrons. The minimum Gasteiger partial charge on any atom is -0.339 e. The second-order valence-electron chi connectivity index (χ2n) is 5.72. The molecule has 0 amide bonds. The number of hydrogen-bond acceptors (Lipinski definition) is 6. The summed E-state index contributed by atoms with van der Waals surface area (Å²) in [6, 6.07) is 0.311. The summed E-state index contributed by atoms with van der Waals surface area (Å²) in [5.41, 5.74) is 1.04. The summed E-state index contributed by atoms with van der Waals surface area (Å²) < 4.78 is 5.51. The number of hydrogen-bond donors (Lipinski definition) is 1. The first-order valence-corrected chi connectivity index (χ1v) is 8.36. The molecule has 0 aromatic carbocycles. The monoisotopic (exact) mass is 308 g/mol. The van der Waals surface area contributed by atoms with Crippen LogP contribution in [0, 0.1) is 12.8 Å². The van der Waals surface area contributed by atoms with E-state index >= 15 is 0 Å². The van der Waals surface area contributed by atoms with Gasteiger partial charge in [0.05, 0.1) is 12.3 Å². The quantitative estimate of drug-likeness (QED) is 0.851. The molecule has 21 heavy (non-hydrogen) atoms. The Hall–Kier alpha value is -1.27. The zero-order valence-electron chi connectivity index (χ0n) is 13.4. The van der Waals surface area contributed by atoms with Crippen LogP contribution in [0.15, 0.2) is 9.90 Å². The predicted octanol–water partition coefficient (Wildman–Crippen LogP) is 3.16. The smallest absolute Gasteiger partial charge is 0.231 e. The van der Waals surface area contributed by atoms with E-state index in [1.807, 2.05) is 12.3 Å². The van der Waals surface area contributed by atoms with Crippen molar-refractivity contribution in [3.8, 4) is 0 Å². The highest BCUT2D eigenvalue weighted by atomic mass is 32.1. The Bertz CT molecular complexity index is 564. The molecule has 0 fully saturated rings. The molecular formula is C15H24N4OS. The Labute approximate surface area is 130 Å². The summed E-state index contributed by atoms with van der Waals surface area (Å²) in [5, 5.41) is 10.6. The molecule has 0 spiro atoms. The van der Waals surface area contributed by atoms with Gasteiger partial charge in [-0.3, -0.25) is 0 Å².